The van der Waals surface area contributed by atoms with Crippen molar-refractivity contribution in [2.75, 3.05) is 0 Å². The van der Waals surface area contributed by atoms with Crippen molar-refractivity contribution in [1.29, 1.82) is 0 Å². The molecule has 1 aromatic carbocycles. The number of nitrogens with one attached hydrogen (secondary N) is 1. The van der Waals surface area contributed by atoms with E-state index >= 15 is 0 Å². The molecule has 0 fully saturated rings. The number of benzene rings is 1. The third-order valence-electron chi connectivity index (χ3n) is 2.76. The lowest BCUT2D eigenvalue weighted by molar-refractivity contribution is 0.627. The van der Waals surface area contributed by atoms with Crippen LogP contribution in [0.25, 0.3) is 11.4 Å². The summed E-state index contributed by atoms with van der Waals surface area (Å²) in [5.74, 6) is 0.249. The van der Waals surface area contributed by atoms with Gasteiger partial charge in [0.25, 0.3) is 0 Å². The Morgan fingerprint density at radius 3 is 2.81 bits per heavy atom. The lowest BCUT2D eigenvalue weighted by Crippen LogP contribution is -1.95. The van der Waals surface area contributed by atoms with Gasteiger partial charge >= 0.3 is 0 Å². The van der Waals surface area contributed by atoms with Crippen LogP contribution in [-0.4, -0.2) is 26.1 Å². The maximum Gasteiger partial charge on any atom is 0.216 e. The third kappa shape index (κ3) is 2.92. The van der Waals surface area contributed by atoms with Gasteiger partial charge in [-0.15, -0.1) is 0 Å². The Hall–Kier alpha value is -2.67. The van der Waals surface area contributed by atoms with E-state index in [0.717, 1.165) is 5.56 Å². The number of nitrogens with zero attached hydrogens (tertiary/aromatic N) is 4. The molecule has 0 aliphatic carbocycles. The van der Waals surface area contributed by atoms with E-state index in [9.17, 15) is 4.39 Å². The summed E-state index contributed by atoms with van der Waals surface area (Å²) in [5, 5.41) is 11.1. The van der Waals surface area contributed by atoms with Gasteiger partial charge in [-0.3, -0.25) is 4.98 Å². The Labute approximate surface area is 124 Å². The standard InChI is InChI=1S/C14H10FN5S/c15-12-3-1-2-10(8-12)9-17-20-13(18-19-14(20)21)11-4-6-16-7-5-11/h1-9H,(H,19,21)/b17-9+. The number of hydrogen-bond acceptors (Lipinski definition) is 4. The average molecular weight is 299 g/mol. The third-order valence-corrected chi connectivity index (χ3v) is 3.02. The van der Waals surface area contributed by atoms with E-state index < -0.39 is 0 Å². The fourth-order valence-electron chi connectivity index (χ4n) is 1.80. The Morgan fingerprint density at radius 1 is 1.24 bits per heavy atom. The van der Waals surface area contributed by atoms with Crippen molar-refractivity contribution in [2.24, 2.45) is 5.10 Å². The molecule has 0 bridgehead atoms. The minimum Gasteiger partial charge on any atom is -0.265 e. The molecule has 1 N–H and O–H groups in total. The summed E-state index contributed by atoms with van der Waals surface area (Å²) >= 11 is 5.16. The molecular weight excluding hydrogens is 289 g/mol. The zero-order valence-electron chi connectivity index (χ0n) is 10.8. The monoisotopic (exact) mass is 299 g/mol. The molecule has 0 saturated heterocycles. The molecule has 5 nitrogen and oxygen atoms in total. The highest BCUT2D eigenvalue weighted by Crippen LogP contribution is 2.15. The summed E-state index contributed by atoms with van der Waals surface area (Å²) in [6.07, 6.45) is 4.85. The SMILES string of the molecule is Fc1cccc(/C=N/n2c(-c3ccncc3)n[nH]c2=S)c1. The topological polar surface area (TPSA) is 58.9 Å². The first-order chi connectivity index (χ1) is 10.2. The number of halogens is 1. The fourth-order valence-corrected chi connectivity index (χ4v) is 1.98. The van der Waals surface area contributed by atoms with Gasteiger partial charge in [0.05, 0.1) is 6.21 Å². The molecule has 21 heavy (non-hydrogen) atoms. The highest BCUT2D eigenvalue weighted by molar-refractivity contribution is 7.71. The van der Waals surface area contributed by atoms with Gasteiger partial charge in [0.15, 0.2) is 5.82 Å². The molecule has 0 amide bonds. The van der Waals surface area contributed by atoms with E-state index in [1.165, 1.54) is 23.0 Å². The Bertz CT molecular complexity index is 838. The molecule has 0 radical (unpaired) electrons. The smallest absolute Gasteiger partial charge is 0.216 e. The first kappa shape index (κ1) is 13.3. The van der Waals surface area contributed by atoms with E-state index in [2.05, 4.69) is 20.3 Å². The van der Waals surface area contributed by atoms with Gasteiger partial charge in [-0.05, 0) is 42.0 Å². The second-order valence-electron chi connectivity index (χ2n) is 4.20. The van der Waals surface area contributed by atoms with Crippen LogP contribution in [0.1, 0.15) is 5.56 Å². The predicted molar refractivity (Wildman–Crippen MR) is 80.0 cm³/mol. The Balaban J connectivity index is 2.00. The Morgan fingerprint density at radius 2 is 2.05 bits per heavy atom. The average Bonchev–Trinajstić information content (AvgIpc) is 2.87. The quantitative estimate of drug-likeness (QED) is 0.597. The van der Waals surface area contributed by atoms with Gasteiger partial charge in [-0.1, -0.05) is 12.1 Å². The highest BCUT2D eigenvalue weighted by Gasteiger charge is 2.07. The molecule has 0 aliphatic rings. The molecular formula is C14H10FN5S. The number of pyridine rings is 1. The molecule has 0 saturated carbocycles. The number of hydrogen-bond donors (Lipinski definition) is 1. The van der Waals surface area contributed by atoms with E-state index in [0.29, 0.717) is 16.2 Å². The Kier molecular flexibility index (Phi) is 3.65. The van der Waals surface area contributed by atoms with Crippen molar-refractivity contribution in [1.82, 2.24) is 19.9 Å². The number of rotatable bonds is 3. The van der Waals surface area contributed by atoms with Gasteiger partial charge in [0, 0.05) is 18.0 Å². The number of H-pyrrole nitrogens is 1. The van der Waals surface area contributed by atoms with Crippen molar-refractivity contribution < 1.29 is 4.39 Å². The van der Waals surface area contributed by atoms with Gasteiger partial charge < -0.3 is 0 Å². The van der Waals surface area contributed by atoms with Crippen LogP contribution in [-0.2, 0) is 0 Å². The molecule has 0 aliphatic heterocycles. The summed E-state index contributed by atoms with van der Waals surface area (Å²) in [7, 11) is 0. The molecule has 7 heteroatoms. The summed E-state index contributed by atoms with van der Waals surface area (Å²) in [6, 6.07) is 9.75. The molecule has 0 atom stereocenters. The molecule has 0 spiro atoms. The zero-order chi connectivity index (χ0) is 14.7. The van der Waals surface area contributed by atoms with Gasteiger partial charge in [0.2, 0.25) is 4.77 Å². The largest absolute Gasteiger partial charge is 0.265 e. The van der Waals surface area contributed by atoms with Crippen LogP contribution >= 0.6 is 12.2 Å². The molecule has 104 valence electrons. The van der Waals surface area contributed by atoms with Crippen molar-refractivity contribution >= 4 is 18.4 Å². The van der Waals surface area contributed by atoms with Crippen LogP contribution in [0.2, 0.25) is 0 Å². The van der Waals surface area contributed by atoms with E-state index in [1.807, 2.05) is 0 Å². The van der Waals surface area contributed by atoms with Crippen LogP contribution < -0.4 is 0 Å². The maximum absolute atomic E-state index is 13.1. The van der Waals surface area contributed by atoms with Crippen LogP contribution in [0.4, 0.5) is 4.39 Å². The summed E-state index contributed by atoms with van der Waals surface area (Å²) in [5.41, 5.74) is 1.47. The van der Waals surface area contributed by atoms with Gasteiger partial charge in [0.1, 0.15) is 5.82 Å². The lowest BCUT2D eigenvalue weighted by atomic mass is 10.2. The molecule has 0 unspecified atom stereocenters. The molecule has 2 heterocycles. The maximum atomic E-state index is 13.1. The normalized spacial score (nSPS) is 11.1. The van der Waals surface area contributed by atoms with Crippen molar-refractivity contribution in [3.63, 3.8) is 0 Å². The summed E-state index contributed by atoms with van der Waals surface area (Å²) in [6.45, 7) is 0. The number of aromatic amines is 1. The van der Waals surface area contributed by atoms with E-state index in [4.69, 9.17) is 12.2 Å². The van der Waals surface area contributed by atoms with Crippen molar-refractivity contribution in [3.05, 3.63) is 64.9 Å². The summed E-state index contributed by atoms with van der Waals surface area (Å²) < 4.78 is 15.0. The van der Waals surface area contributed by atoms with Crippen LogP contribution in [0.15, 0.2) is 53.9 Å². The fraction of sp³-hybridized carbons (Fsp3) is 0. The number of aromatic nitrogens is 4. The van der Waals surface area contributed by atoms with Crippen LogP contribution in [0, 0.1) is 10.6 Å². The van der Waals surface area contributed by atoms with Crippen molar-refractivity contribution in [2.45, 2.75) is 0 Å². The van der Waals surface area contributed by atoms with Crippen LogP contribution in [0.3, 0.4) is 0 Å². The van der Waals surface area contributed by atoms with Crippen molar-refractivity contribution in [3.8, 4) is 11.4 Å². The second kappa shape index (κ2) is 5.76. The van der Waals surface area contributed by atoms with Gasteiger partial charge in [-0.25, -0.2) is 9.49 Å². The molecule has 2 aromatic heterocycles. The molecule has 3 aromatic rings. The lowest BCUT2D eigenvalue weighted by Gasteiger charge is -2.00. The van der Waals surface area contributed by atoms with E-state index in [1.54, 1.807) is 36.7 Å². The molecule has 3 rings (SSSR count). The minimum absolute atomic E-state index is 0.316. The van der Waals surface area contributed by atoms with Gasteiger partial charge in [-0.2, -0.15) is 14.9 Å². The first-order valence-electron chi connectivity index (χ1n) is 6.12. The summed E-state index contributed by atoms with van der Waals surface area (Å²) in [4.78, 5) is 3.96. The highest BCUT2D eigenvalue weighted by atomic mass is 32.1. The zero-order valence-corrected chi connectivity index (χ0v) is 11.6. The predicted octanol–water partition coefficient (Wildman–Crippen LogP) is 3.02. The minimum atomic E-state index is -0.316. The second-order valence-corrected chi connectivity index (χ2v) is 4.59. The van der Waals surface area contributed by atoms with E-state index in [-0.39, 0.29) is 5.82 Å². The van der Waals surface area contributed by atoms with Crippen LogP contribution in [0.5, 0.6) is 0 Å². The first-order valence-corrected chi connectivity index (χ1v) is 6.52.